The van der Waals surface area contributed by atoms with Gasteiger partial charge in [-0.15, -0.1) is 0 Å². The standard InChI is InChI=1S/C25H35N3O7/c1-2-3-4-12-33-14-16-35-17-15-34-13-6-11-26-19-8-5-7-18-22(19)25(32)28(24(18)31)20-9-10-21(29)27-23(20)30/h5,7-8,20,26H,2-4,6,9-17H2,1H3,(H,27,29,30). The first-order chi connectivity index (χ1) is 17.0. The quantitative estimate of drug-likeness (QED) is 0.267. The fraction of sp³-hybridized carbons (Fsp3) is 0.600. The number of hydrogen-bond acceptors (Lipinski definition) is 8. The molecule has 0 aromatic heterocycles. The van der Waals surface area contributed by atoms with Gasteiger partial charge in [0, 0.05) is 31.9 Å². The molecule has 1 saturated heterocycles. The van der Waals surface area contributed by atoms with E-state index in [0.29, 0.717) is 51.7 Å². The third-order valence-corrected chi connectivity index (χ3v) is 5.89. The van der Waals surface area contributed by atoms with Gasteiger partial charge in [-0.05, 0) is 31.4 Å². The van der Waals surface area contributed by atoms with Crippen LogP contribution in [0, 0.1) is 0 Å². The van der Waals surface area contributed by atoms with Gasteiger partial charge < -0.3 is 19.5 Å². The summed E-state index contributed by atoms with van der Waals surface area (Å²) in [5.41, 5.74) is 1.05. The molecule has 0 spiro atoms. The zero-order chi connectivity index (χ0) is 25.0. The Kier molecular flexibility index (Phi) is 10.6. The zero-order valence-electron chi connectivity index (χ0n) is 20.3. The maximum atomic E-state index is 13.1. The summed E-state index contributed by atoms with van der Waals surface area (Å²) in [5, 5.41) is 5.40. The molecule has 2 aliphatic heterocycles. The van der Waals surface area contributed by atoms with Gasteiger partial charge in [0.15, 0.2) is 0 Å². The van der Waals surface area contributed by atoms with E-state index in [4.69, 9.17) is 14.2 Å². The number of nitrogens with zero attached hydrogens (tertiary/aromatic N) is 1. The minimum atomic E-state index is -0.976. The second kappa shape index (κ2) is 13.9. The molecule has 1 unspecified atom stereocenters. The van der Waals surface area contributed by atoms with E-state index in [1.54, 1.807) is 18.2 Å². The van der Waals surface area contributed by atoms with Crippen molar-refractivity contribution >= 4 is 29.3 Å². The highest BCUT2D eigenvalue weighted by Gasteiger charge is 2.45. The zero-order valence-corrected chi connectivity index (χ0v) is 20.3. The van der Waals surface area contributed by atoms with Gasteiger partial charge in [0.2, 0.25) is 11.8 Å². The topological polar surface area (TPSA) is 123 Å². The van der Waals surface area contributed by atoms with Crippen molar-refractivity contribution in [2.75, 3.05) is 51.5 Å². The molecule has 3 rings (SSSR count). The van der Waals surface area contributed by atoms with Gasteiger partial charge in [-0.25, -0.2) is 0 Å². The van der Waals surface area contributed by atoms with E-state index in [0.717, 1.165) is 17.9 Å². The number of carbonyl (C=O) groups excluding carboxylic acids is 4. The van der Waals surface area contributed by atoms with E-state index in [-0.39, 0.29) is 24.0 Å². The maximum Gasteiger partial charge on any atom is 0.264 e. The molecule has 0 saturated carbocycles. The van der Waals surface area contributed by atoms with Gasteiger partial charge >= 0.3 is 0 Å². The van der Waals surface area contributed by atoms with E-state index in [1.165, 1.54) is 12.8 Å². The number of nitrogens with one attached hydrogen (secondary N) is 2. The first kappa shape index (κ1) is 26.8. The second-order valence-electron chi connectivity index (χ2n) is 8.50. The Bertz CT molecular complexity index is 905. The lowest BCUT2D eigenvalue weighted by Crippen LogP contribution is -2.54. The monoisotopic (exact) mass is 489 g/mol. The average Bonchev–Trinajstić information content (AvgIpc) is 3.10. The van der Waals surface area contributed by atoms with Crippen molar-refractivity contribution in [2.45, 2.75) is 51.5 Å². The molecule has 2 heterocycles. The third-order valence-electron chi connectivity index (χ3n) is 5.89. The van der Waals surface area contributed by atoms with Crippen LogP contribution in [0.3, 0.4) is 0 Å². The molecule has 10 nitrogen and oxygen atoms in total. The maximum absolute atomic E-state index is 13.1. The lowest BCUT2D eigenvalue weighted by Gasteiger charge is -2.27. The van der Waals surface area contributed by atoms with Crippen molar-refractivity contribution in [3.8, 4) is 0 Å². The first-order valence-corrected chi connectivity index (χ1v) is 12.4. The van der Waals surface area contributed by atoms with Crippen LogP contribution in [0.5, 0.6) is 0 Å². The van der Waals surface area contributed by atoms with Gasteiger partial charge in [-0.2, -0.15) is 0 Å². The number of unbranched alkanes of at least 4 members (excludes halogenated alkanes) is 2. The molecule has 0 radical (unpaired) electrons. The summed E-state index contributed by atoms with van der Waals surface area (Å²) in [6.45, 7) is 6.15. The van der Waals surface area contributed by atoms with Crippen LogP contribution in [-0.4, -0.2) is 80.8 Å². The lowest BCUT2D eigenvalue weighted by atomic mass is 10.0. The Labute approximate surface area is 205 Å². The van der Waals surface area contributed by atoms with E-state index in [1.807, 2.05) is 0 Å². The molecule has 1 atom stereocenters. The number of carbonyl (C=O) groups is 4. The molecule has 1 fully saturated rings. The molecule has 0 aliphatic carbocycles. The summed E-state index contributed by atoms with van der Waals surface area (Å²) in [6, 6.07) is 4.03. The van der Waals surface area contributed by atoms with E-state index < -0.39 is 29.7 Å². The van der Waals surface area contributed by atoms with Crippen LogP contribution in [0.2, 0.25) is 0 Å². The molecule has 4 amide bonds. The van der Waals surface area contributed by atoms with E-state index in [9.17, 15) is 19.2 Å². The van der Waals surface area contributed by atoms with Crippen molar-refractivity contribution in [1.82, 2.24) is 10.2 Å². The Morgan fingerprint density at radius 3 is 2.29 bits per heavy atom. The predicted molar refractivity (Wildman–Crippen MR) is 128 cm³/mol. The highest BCUT2D eigenvalue weighted by molar-refractivity contribution is 6.25. The number of ether oxygens (including phenoxy) is 3. The summed E-state index contributed by atoms with van der Waals surface area (Å²) in [7, 11) is 0. The smallest absolute Gasteiger partial charge is 0.264 e. The molecule has 0 bridgehead atoms. The molecule has 2 aliphatic rings. The van der Waals surface area contributed by atoms with Crippen LogP contribution < -0.4 is 10.6 Å². The van der Waals surface area contributed by atoms with Crippen LogP contribution in [-0.2, 0) is 23.8 Å². The molecule has 1 aromatic rings. The lowest BCUT2D eigenvalue weighted by molar-refractivity contribution is -0.136. The number of piperidine rings is 1. The van der Waals surface area contributed by atoms with Crippen LogP contribution in [0.4, 0.5) is 5.69 Å². The van der Waals surface area contributed by atoms with Crippen molar-refractivity contribution in [3.05, 3.63) is 29.3 Å². The minimum absolute atomic E-state index is 0.0901. The number of imide groups is 2. The molecule has 35 heavy (non-hydrogen) atoms. The van der Waals surface area contributed by atoms with Gasteiger partial charge in [-0.3, -0.25) is 29.4 Å². The summed E-state index contributed by atoms with van der Waals surface area (Å²) >= 11 is 0. The van der Waals surface area contributed by atoms with Gasteiger partial charge in [0.05, 0.1) is 37.6 Å². The second-order valence-corrected chi connectivity index (χ2v) is 8.50. The molecule has 192 valence electrons. The van der Waals surface area contributed by atoms with Crippen molar-refractivity contribution in [2.24, 2.45) is 0 Å². The van der Waals surface area contributed by atoms with E-state index in [2.05, 4.69) is 17.6 Å². The summed E-state index contributed by atoms with van der Waals surface area (Å²) in [4.78, 5) is 50.5. The van der Waals surface area contributed by atoms with Crippen LogP contribution in [0.15, 0.2) is 18.2 Å². The van der Waals surface area contributed by atoms with Crippen molar-refractivity contribution in [1.29, 1.82) is 0 Å². The third kappa shape index (κ3) is 7.33. The molecule has 2 N–H and O–H groups in total. The van der Waals surface area contributed by atoms with Crippen LogP contribution in [0.1, 0.15) is 66.2 Å². The Morgan fingerprint density at radius 1 is 0.914 bits per heavy atom. The fourth-order valence-corrected chi connectivity index (χ4v) is 4.06. The number of benzene rings is 1. The SMILES string of the molecule is CCCCCOCCOCCOCCCNc1cccc2c1C(=O)N(C1CCC(=O)NC1=O)C2=O. The molecule has 1 aromatic carbocycles. The normalized spacial score (nSPS) is 17.6. The summed E-state index contributed by atoms with van der Waals surface area (Å²) < 4.78 is 16.5. The van der Waals surface area contributed by atoms with Gasteiger partial charge in [0.25, 0.3) is 11.8 Å². The number of rotatable bonds is 16. The first-order valence-electron chi connectivity index (χ1n) is 12.4. The number of amides is 4. The van der Waals surface area contributed by atoms with Crippen molar-refractivity contribution < 1.29 is 33.4 Å². The van der Waals surface area contributed by atoms with Gasteiger partial charge in [0.1, 0.15) is 6.04 Å². The van der Waals surface area contributed by atoms with Crippen LogP contribution in [0.25, 0.3) is 0 Å². The molecular formula is C25H35N3O7. The van der Waals surface area contributed by atoms with E-state index >= 15 is 0 Å². The summed E-state index contributed by atoms with van der Waals surface area (Å²) in [5.74, 6) is -2.06. The average molecular weight is 490 g/mol. The Balaban J connectivity index is 1.35. The largest absolute Gasteiger partial charge is 0.384 e. The van der Waals surface area contributed by atoms with Crippen LogP contribution >= 0.6 is 0 Å². The highest BCUT2D eigenvalue weighted by atomic mass is 16.5. The molecule has 10 heteroatoms. The summed E-state index contributed by atoms with van der Waals surface area (Å²) in [6.07, 6.45) is 4.37. The molecular weight excluding hydrogens is 454 g/mol. The highest BCUT2D eigenvalue weighted by Crippen LogP contribution is 2.32. The Morgan fingerprint density at radius 2 is 1.60 bits per heavy atom. The fourth-order valence-electron chi connectivity index (χ4n) is 4.06. The Hall–Kier alpha value is -2.82. The number of hydrogen-bond donors (Lipinski definition) is 2. The minimum Gasteiger partial charge on any atom is -0.384 e. The van der Waals surface area contributed by atoms with Crippen molar-refractivity contribution in [3.63, 3.8) is 0 Å². The number of anilines is 1. The predicted octanol–water partition coefficient (Wildman–Crippen LogP) is 2.13. The van der Waals surface area contributed by atoms with Gasteiger partial charge in [-0.1, -0.05) is 25.8 Å². The number of fused-ring (bicyclic) bond motifs is 1.